The van der Waals surface area contributed by atoms with Crippen molar-refractivity contribution in [1.82, 2.24) is 9.62 Å². The number of hydrogen-bond acceptors (Lipinski definition) is 4. The van der Waals surface area contributed by atoms with Gasteiger partial charge in [0.1, 0.15) is 29.4 Å². The van der Waals surface area contributed by atoms with E-state index >= 15 is 4.39 Å². The number of rotatable bonds is 7. The molecule has 0 aromatic heterocycles. The SMILES string of the molecule is C[C@@H](F)S(=O)(=O)N[C@@H]1[C@H](Cc2cc(F)cc(-c3cc(F)cc(F)c3)c2F)N(C(=O)[C@H]2CCO2)CC12CC2. The number of hydrogen-bond donors (Lipinski definition) is 1. The first-order valence-corrected chi connectivity index (χ1v) is 13.5. The van der Waals surface area contributed by atoms with Crippen LogP contribution in [0.3, 0.4) is 0 Å². The fourth-order valence-electron chi connectivity index (χ4n) is 5.27. The van der Waals surface area contributed by atoms with E-state index in [-0.39, 0.29) is 29.7 Å². The zero-order chi connectivity index (χ0) is 26.7. The summed E-state index contributed by atoms with van der Waals surface area (Å²) in [4.78, 5) is 14.6. The van der Waals surface area contributed by atoms with Crippen molar-refractivity contribution in [3.05, 3.63) is 59.2 Å². The molecule has 3 aliphatic rings. The number of halogens is 5. The van der Waals surface area contributed by atoms with E-state index in [1.54, 1.807) is 0 Å². The van der Waals surface area contributed by atoms with Gasteiger partial charge in [0.2, 0.25) is 15.5 Å². The number of amides is 1. The number of carbonyl (C=O) groups excluding carboxylic acids is 1. The quantitative estimate of drug-likeness (QED) is 0.538. The second-order valence-electron chi connectivity index (χ2n) is 10.0. The van der Waals surface area contributed by atoms with E-state index in [9.17, 15) is 30.8 Å². The largest absolute Gasteiger partial charge is 0.368 e. The minimum atomic E-state index is -4.41. The summed E-state index contributed by atoms with van der Waals surface area (Å²) in [6, 6.07) is 2.12. The van der Waals surface area contributed by atoms with Crippen molar-refractivity contribution in [2.75, 3.05) is 13.2 Å². The number of carbonyl (C=O) groups is 1. The minimum Gasteiger partial charge on any atom is -0.368 e. The van der Waals surface area contributed by atoms with Crippen molar-refractivity contribution < 1.29 is 39.9 Å². The van der Waals surface area contributed by atoms with Gasteiger partial charge in [-0.25, -0.2) is 35.1 Å². The van der Waals surface area contributed by atoms with Gasteiger partial charge in [-0.15, -0.1) is 0 Å². The highest BCUT2D eigenvalue weighted by Crippen LogP contribution is 2.56. The van der Waals surface area contributed by atoms with Crippen LogP contribution in [0.2, 0.25) is 0 Å². The van der Waals surface area contributed by atoms with Gasteiger partial charge in [-0.2, -0.15) is 0 Å². The van der Waals surface area contributed by atoms with Gasteiger partial charge in [-0.1, -0.05) is 0 Å². The summed E-state index contributed by atoms with van der Waals surface area (Å²) < 4.78 is 104. The summed E-state index contributed by atoms with van der Waals surface area (Å²) in [6.07, 6.45) is 0.550. The number of benzene rings is 2. The first-order chi connectivity index (χ1) is 17.4. The molecule has 1 amide bonds. The van der Waals surface area contributed by atoms with Crippen LogP contribution in [0.5, 0.6) is 0 Å². The maximum absolute atomic E-state index is 15.7. The molecule has 1 aliphatic carbocycles. The fraction of sp³-hybridized carbons (Fsp3) is 0.480. The fourth-order valence-corrected chi connectivity index (χ4v) is 6.22. The monoisotopic (exact) mass is 544 g/mol. The highest BCUT2D eigenvalue weighted by Gasteiger charge is 2.62. The van der Waals surface area contributed by atoms with Gasteiger partial charge < -0.3 is 9.64 Å². The molecule has 6 nitrogen and oxygen atoms in total. The molecule has 5 rings (SSSR count). The van der Waals surface area contributed by atoms with Crippen molar-refractivity contribution >= 4 is 15.9 Å². The van der Waals surface area contributed by atoms with E-state index in [1.165, 1.54) is 4.90 Å². The van der Waals surface area contributed by atoms with E-state index < -0.39 is 68.3 Å². The number of likely N-dealkylation sites (tertiary alicyclic amines) is 1. The molecule has 0 radical (unpaired) electrons. The number of nitrogens with zero attached hydrogens (tertiary/aromatic N) is 1. The smallest absolute Gasteiger partial charge is 0.252 e. The average molecular weight is 545 g/mol. The highest BCUT2D eigenvalue weighted by molar-refractivity contribution is 7.89. The van der Waals surface area contributed by atoms with E-state index in [4.69, 9.17) is 4.74 Å². The molecule has 0 bridgehead atoms. The first-order valence-electron chi connectivity index (χ1n) is 11.9. The lowest BCUT2D eigenvalue weighted by Gasteiger charge is -2.34. The lowest BCUT2D eigenvalue weighted by atomic mass is 9.91. The van der Waals surface area contributed by atoms with Crippen molar-refractivity contribution in [3.8, 4) is 11.1 Å². The van der Waals surface area contributed by atoms with Crippen LogP contribution in [0.4, 0.5) is 22.0 Å². The summed E-state index contributed by atoms with van der Waals surface area (Å²) in [5.41, 5.74) is -3.72. The van der Waals surface area contributed by atoms with Gasteiger partial charge in [0.05, 0.1) is 12.6 Å². The normalized spacial score (nSPS) is 25.2. The maximum atomic E-state index is 15.7. The van der Waals surface area contributed by atoms with Crippen LogP contribution >= 0.6 is 0 Å². The van der Waals surface area contributed by atoms with Crippen molar-refractivity contribution in [2.45, 2.75) is 56.3 Å². The summed E-state index contributed by atoms with van der Waals surface area (Å²) in [7, 11) is -4.41. The second kappa shape index (κ2) is 9.32. The lowest BCUT2D eigenvalue weighted by molar-refractivity contribution is -0.157. The Labute approximate surface area is 210 Å². The Kier molecular flexibility index (Phi) is 6.56. The molecule has 37 heavy (non-hydrogen) atoms. The van der Waals surface area contributed by atoms with Crippen LogP contribution < -0.4 is 4.72 Å². The Bertz CT molecular complexity index is 1320. The van der Waals surface area contributed by atoms with Crippen LogP contribution in [-0.2, 0) is 26.0 Å². The Balaban J connectivity index is 1.55. The maximum Gasteiger partial charge on any atom is 0.252 e. The predicted molar refractivity (Wildman–Crippen MR) is 123 cm³/mol. The van der Waals surface area contributed by atoms with Gasteiger partial charge in [0.25, 0.3) is 5.91 Å². The van der Waals surface area contributed by atoms with Crippen LogP contribution in [0.1, 0.15) is 31.7 Å². The van der Waals surface area contributed by atoms with Gasteiger partial charge >= 0.3 is 0 Å². The van der Waals surface area contributed by atoms with E-state index in [2.05, 4.69) is 4.72 Å². The third-order valence-electron chi connectivity index (χ3n) is 7.51. The van der Waals surface area contributed by atoms with Crippen LogP contribution in [0.15, 0.2) is 30.3 Å². The molecule has 12 heteroatoms. The van der Waals surface area contributed by atoms with Crippen LogP contribution in [0, 0.1) is 28.7 Å². The van der Waals surface area contributed by atoms with Crippen LogP contribution in [0.25, 0.3) is 11.1 Å². The molecule has 1 saturated carbocycles. The minimum absolute atomic E-state index is 0.156. The Morgan fingerprint density at radius 2 is 1.73 bits per heavy atom. The topological polar surface area (TPSA) is 75.7 Å². The van der Waals surface area contributed by atoms with Crippen molar-refractivity contribution in [2.24, 2.45) is 5.41 Å². The summed E-state index contributed by atoms with van der Waals surface area (Å²) in [5, 5.41) is 0. The number of ether oxygens (including phenoxy) is 1. The van der Waals surface area contributed by atoms with Gasteiger partial charge in [0, 0.05) is 36.1 Å². The van der Waals surface area contributed by atoms with Crippen LogP contribution in [-0.4, -0.2) is 56.1 Å². The van der Waals surface area contributed by atoms with Gasteiger partial charge in [0.15, 0.2) is 0 Å². The molecule has 2 saturated heterocycles. The Morgan fingerprint density at radius 3 is 2.27 bits per heavy atom. The molecule has 2 aliphatic heterocycles. The lowest BCUT2D eigenvalue weighted by Crippen LogP contribution is -2.53. The molecule has 2 heterocycles. The zero-order valence-electron chi connectivity index (χ0n) is 19.8. The molecular weight excluding hydrogens is 519 g/mol. The molecule has 2 aromatic rings. The summed E-state index contributed by atoms with van der Waals surface area (Å²) >= 11 is 0. The number of nitrogens with one attached hydrogen (secondary N) is 1. The second-order valence-corrected chi connectivity index (χ2v) is 12.0. The predicted octanol–water partition coefficient (Wildman–Crippen LogP) is 3.84. The molecule has 1 spiro atoms. The molecule has 4 atom stereocenters. The third-order valence-corrected chi connectivity index (χ3v) is 8.95. The molecule has 0 unspecified atom stereocenters. The summed E-state index contributed by atoms with van der Waals surface area (Å²) in [5.74, 6) is -4.19. The Hall–Kier alpha value is -2.57. The molecule has 1 N–H and O–H groups in total. The average Bonchev–Trinajstić information content (AvgIpc) is 3.49. The molecular formula is C25H25F5N2O4S. The van der Waals surface area contributed by atoms with E-state index in [0.717, 1.165) is 31.2 Å². The standard InChI is InChI=1S/C25H25F5N2O4S/c1-13(26)37(34,35)31-23-20(32(12-25(23)3-4-25)24(33)21-2-5-36-21)9-15-8-18(29)11-19(22(15)30)14-6-16(27)10-17(28)7-14/h6-8,10-11,13,20-21,23,31H,2-5,9,12H2,1H3/t13-,20-,21+,23+/m0/s1. The first kappa shape index (κ1) is 26.1. The molecule has 2 aromatic carbocycles. The van der Waals surface area contributed by atoms with Gasteiger partial charge in [-0.3, -0.25) is 4.79 Å². The third kappa shape index (κ3) is 4.86. The number of alkyl halides is 1. The van der Waals surface area contributed by atoms with Gasteiger partial charge in [-0.05, 0) is 61.6 Å². The number of sulfonamides is 1. The molecule has 200 valence electrons. The molecule has 3 fully saturated rings. The zero-order valence-corrected chi connectivity index (χ0v) is 20.6. The van der Waals surface area contributed by atoms with Crippen molar-refractivity contribution in [3.63, 3.8) is 0 Å². The van der Waals surface area contributed by atoms with E-state index in [0.29, 0.717) is 31.9 Å². The summed E-state index contributed by atoms with van der Waals surface area (Å²) in [6.45, 7) is 1.41. The van der Waals surface area contributed by atoms with E-state index in [1.807, 2.05) is 0 Å². The van der Waals surface area contributed by atoms with Crippen molar-refractivity contribution in [1.29, 1.82) is 0 Å². The highest BCUT2D eigenvalue weighted by atomic mass is 32.2. The Morgan fingerprint density at radius 1 is 1.11 bits per heavy atom.